The largest absolute Gasteiger partial charge is 0.494 e. The number of rotatable bonds is 9. The SMILES string of the molecule is CCCCCCCC1CCC(C#C/C=C/C#Cc2ccc(OCCC)cc2)CC1. The van der Waals surface area contributed by atoms with Crippen molar-refractivity contribution in [3.05, 3.63) is 42.0 Å². The summed E-state index contributed by atoms with van der Waals surface area (Å²) >= 11 is 0. The molecule has 0 N–H and O–H groups in total. The van der Waals surface area contributed by atoms with E-state index in [4.69, 9.17) is 4.74 Å². The van der Waals surface area contributed by atoms with Gasteiger partial charge in [0.05, 0.1) is 6.61 Å². The third-order valence-corrected chi connectivity index (χ3v) is 5.64. The molecule has 1 aromatic rings. The summed E-state index contributed by atoms with van der Waals surface area (Å²) in [7, 11) is 0. The van der Waals surface area contributed by atoms with E-state index < -0.39 is 0 Å². The summed E-state index contributed by atoms with van der Waals surface area (Å²) in [6, 6.07) is 7.95. The first-order valence-corrected chi connectivity index (χ1v) is 11.7. The Hall–Kier alpha value is -2.12. The number of hydrogen-bond donors (Lipinski definition) is 0. The Morgan fingerprint density at radius 2 is 1.59 bits per heavy atom. The average Bonchev–Trinajstić information content (AvgIpc) is 2.76. The minimum absolute atomic E-state index is 0.583. The summed E-state index contributed by atoms with van der Waals surface area (Å²) in [4.78, 5) is 0. The van der Waals surface area contributed by atoms with Gasteiger partial charge in [-0.2, -0.15) is 0 Å². The lowest BCUT2D eigenvalue weighted by atomic mass is 9.80. The number of benzene rings is 1. The molecule has 0 spiro atoms. The summed E-state index contributed by atoms with van der Waals surface area (Å²) in [5.41, 5.74) is 1.000. The van der Waals surface area contributed by atoms with Crippen molar-refractivity contribution in [1.29, 1.82) is 0 Å². The van der Waals surface area contributed by atoms with Crippen LogP contribution in [0.3, 0.4) is 0 Å². The highest BCUT2D eigenvalue weighted by molar-refractivity contribution is 5.40. The van der Waals surface area contributed by atoms with Crippen molar-refractivity contribution in [2.45, 2.75) is 84.5 Å². The standard InChI is InChI=1S/C28H38O/c1-3-5-6-7-10-13-25-16-18-26(19-17-25)14-11-8-9-12-15-27-20-22-28(23-21-27)29-24-4-2/h8-9,20-23,25-26H,3-7,10,13,16-19,24H2,1-2H3/b9-8+. The van der Waals surface area contributed by atoms with Gasteiger partial charge in [-0.3, -0.25) is 0 Å². The van der Waals surface area contributed by atoms with Crippen LogP contribution in [0.2, 0.25) is 0 Å². The molecule has 156 valence electrons. The van der Waals surface area contributed by atoms with Gasteiger partial charge in [0.25, 0.3) is 0 Å². The molecule has 0 atom stereocenters. The van der Waals surface area contributed by atoms with Crippen LogP contribution < -0.4 is 4.74 Å². The van der Waals surface area contributed by atoms with Crippen molar-refractivity contribution >= 4 is 0 Å². The zero-order chi connectivity index (χ0) is 20.6. The minimum atomic E-state index is 0.583. The molecule has 1 aliphatic carbocycles. The van der Waals surface area contributed by atoms with E-state index in [2.05, 4.69) is 37.5 Å². The topological polar surface area (TPSA) is 9.23 Å². The molecule has 1 heteroatoms. The van der Waals surface area contributed by atoms with Crippen LogP contribution in [0, 0.1) is 35.5 Å². The molecule has 1 nitrogen and oxygen atoms in total. The predicted octanol–water partition coefficient (Wildman–Crippen LogP) is 7.55. The van der Waals surface area contributed by atoms with E-state index in [9.17, 15) is 0 Å². The maximum atomic E-state index is 5.58. The molecule has 0 unspecified atom stereocenters. The summed E-state index contributed by atoms with van der Waals surface area (Å²) in [5, 5.41) is 0. The molecule has 0 aliphatic heterocycles. The molecule has 1 fully saturated rings. The highest BCUT2D eigenvalue weighted by Crippen LogP contribution is 2.31. The second-order valence-corrected chi connectivity index (χ2v) is 8.18. The third-order valence-electron chi connectivity index (χ3n) is 5.64. The van der Waals surface area contributed by atoms with E-state index in [1.54, 1.807) is 0 Å². The van der Waals surface area contributed by atoms with Gasteiger partial charge >= 0.3 is 0 Å². The van der Waals surface area contributed by atoms with Crippen LogP contribution >= 0.6 is 0 Å². The molecule has 0 radical (unpaired) electrons. The van der Waals surface area contributed by atoms with Crippen molar-refractivity contribution in [3.8, 4) is 29.4 Å². The summed E-state index contributed by atoms with van der Waals surface area (Å²) in [6.45, 7) is 5.15. The molecule has 0 aromatic heterocycles. The van der Waals surface area contributed by atoms with Gasteiger partial charge in [0.2, 0.25) is 0 Å². The van der Waals surface area contributed by atoms with Crippen LogP contribution in [-0.4, -0.2) is 6.61 Å². The van der Waals surface area contributed by atoms with E-state index in [0.29, 0.717) is 5.92 Å². The van der Waals surface area contributed by atoms with Gasteiger partial charge in [-0.15, -0.1) is 0 Å². The number of allylic oxidation sites excluding steroid dienone is 2. The zero-order valence-electron chi connectivity index (χ0n) is 18.5. The number of unbranched alkanes of at least 4 members (excludes halogenated alkanes) is 4. The number of hydrogen-bond acceptors (Lipinski definition) is 1. The fourth-order valence-electron chi connectivity index (χ4n) is 3.86. The van der Waals surface area contributed by atoms with Crippen molar-refractivity contribution in [2.75, 3.05) is 6.61 Å². The van der Waals surface area contributed by atoms with Crippen LogP contribution in [0.15, 0.2) is 36.4 Å². The van der Waals surface area contributed by atoms with Gasteiger partial charge < -0.3 is 4.74 Å². The summed E-state index contributed by atoms with van der Waals surface area (Å²) in [5.74, 6) is 15.3. The lowest BCUT2D eigenvalue weighted by molar-refractivity contribution is 0.294. The van der Waals surface area contributed by atoms with E-state index in [-0.39, 0.29) is 0 Å². The highest BCUT2D eigenvalue weighted by atomic mass is 16.5. The second kappa shape index (κ2) is 14.8. The lowest BCUT2D eigenvalue weighted by Crippen LogP contribution is -2.13. The molecule has 0 heterocycles. The summed E-state index contributed by atoms with van der Waals surface area (Å²) in [6.07, 6.45) is 18.5. The van der Waals surface area contributed by atoms with Crippen LogP contribution in [-0.2, 0) is 0 Å². The maximum Gasteiger partial charge on any atom is 0.119 e. The molecule has 0 saturated heterocycles. The molecule has 0 amide bonds. The molecule has 0 bridgehead atoms. The average molecular weight is 391 g/mol. The molecule has 1 aromatic carbocycles. The van der Waals surface area contributed by atoms with Crippen LogP contribution in [0.5, 0.6) is 5.75 Å². The van der Waals surface area contributed by atoms with Gasteiger partial charge in [0.1, 0.15) is 5.75 Å². The predicted molar refractivity (Wildman–Crippen MR) is 125 cm³/mol. The third kappa shape index (κ3) is 10.3. The van der Waals surface area contributed by atoms with Crippen LogP contribution in [0.1, 0.15) is 90.0 Å². The van der Waals surface area contributed by atoms with Gasteiger partial charge in [0, 0.05) is 11.5 Å². The molecular weight excluding hydrogens is 352 g/mol. The quantitative estimate of drug-likeness (QED) is 0.312. The van der Waals surface area contributed by atoms with Gasteiger partial charge in [-0.25, -0.2) is 0 Å². The normalized spacial score (nSPS) is 18.6. The molecule has 1 aliphatic rings. The number of ether oxygens (including phenoxy) is 1. The highest BCUT2D eigenvalue weighted by Gasteiger charge is 2.19. The first kappa shape index (κ1) is 23.2. The van der Waals surface area contributed by atoms with E-state index in [1.165, 1.54) is 64.2 Å². The Labute approximate surface area is 179 Å². The fraction of sp³-hybridized carbons (Fsp3) is 0.571. The van der Waals surface area contributed by atoms with Crippen LogP contribution in [0.4, 0.5) is 0 Å². The van der Waals surface area contributed by atoms with E-state index in [0.717, 1.165) is 30.3 Å². The van der Waals surface area contributed by atoms with Crippen LogP contribution in [0.25, 0.3) is 0 Å². The second-order valence-electron chi connectivity index (χ2n) is 8.18. The molecule has 2 rings (SSSR count). The van der Waals surface area contributed by atoms with Gasteiger partial charge in [-0.05, 0) is 74.4 Å². The Balaban J connectivity index is 1.64. The first-order chi connectivity index (χ1) is 14.3. The van der Waals surface area contributed by atoms with E-state index in [1.807, 2.05) is 36.4 Å². The smallest absolute Gasteiger partial charge is 0.119 e. The molecule has 29 heavy (non-hydrogen) atoms. The first-order valence-electron chi connectivity index (χ1n) is 11.7. The Kier molecular flexibility index (Phi) is 11.8. The molecule has 1 saturated carbocycles. The lowest BCUT2D eigenvalue weighted by Gasteiger charge is -2.25. The van der Waals surface area contributed by atoms with Gasteiger partial charge in [-0.1, -0.05) is 76.1 Å². The maximum absolute atomic E-state index is 5.58. The van der Waals surface area contributed by atoms with Crippen molar-refractivity contribution < 1.29 is 4.74 Å². The zero-order valence-corrected chi connectivity index (χ0v) is 18.5. The van der Waals surface area contributed by atoms with Crippen molar-refractivity contribution in [2.24, 2.45) is 11.8 Å². The van der Waals surface area contributed by atoms with Crippen molar-refractivity contribution in [3.63, 3.8) is 0 Å². The summed E-state index contributed by atoms with van der Waals surface area (Å²) < 4.78 is 5.58. The Bertz CT molecular complexity index is 697. The Morgan fingerprint density at radius 1 is 0.862 bits per heavy atom. The van der Waals surface area contributed by atoms with E-state index >= 15 is 0 Å². The monoisotopic (exact) mass is 390 g/mol. The minimum Gasteiger partial charge on any atom is -0.494 e. The Morgan fingerprint density at radius 3 is 2.31 bits per heavy atom. The van der Waals surface area contributed by atoms with Gasteiger partial charge in [0.15, 0.2) is 0 Å². The fourth-order valence-corrected chi connectivity index (χ4v) is 3.86. The van der Waals surface area contributed by atoms with Crippen molar-refractivity contribution in [1.82, 2.24) is 0 Å². The molecular formula is C28H38O.